The van der Waals surface area contributed by atoms with Crippen LogP contribution >= 0.6 is 11.3 Å². The number of likely N-dealkylation sites (tertiary alicyclic amines) is 1. The normalized spacial score (nSPS) is 18.4. The van der Waals surface area contributed by atoms with Gasteiger partial charge in [-0.15, -0.1) is 11.3 Å². The zero-order chi connectivity index (χ0) is 15.7. The number of aromatic amines is 1. The largest absolute Gasteiger partial charge is 0.364 e. The van der Waals surface area contributed by atoms with Crippen molar-refractivity contribution in [2.45, 2.75) is 25.7 Å². The lowest BCUT2D eigenvalue weighted by atomic mass is 9.94. The number of piperidine rings is 1. The van der Waals surface area contributed by atoms with Gasteiger partial charge in [-0.25, -0.2) is 0 Å². The summed E-state index contributed by atoms with van der Waals surface area (Å²) in [6.07, 6.45) is 1.90. The first-order chi connectivity index (χ1) is 10.5. The number of aromatic nitrogens is 2. The number of primary amides is 1. The molecular formula is C15H18N4O2S. The Hall–Kier alpha value is -2.15. The lowest BCUT2D eigenvalue weighted by molar-refractivity contribution is 0.0710. The number of nitrogens with zero attached hydrogens (tertiary/aromatic N) is 2. The second kappa shape index (κ2) is 5.92. The molecule has 3 heterocycles. The monoisotopic (exact) mass is 318 g/mol. The van der Waals surface area contributed by atoms with Crippen molar-refractivity contribution in [3.63, 3.8) is 0 Å². The fourth-order valence-electron chi connectivity index (χ4n) is 2.79. The fraction of sp³-hybridized carbons (Fsp3) is 0.400. The summed E-state index contributed by atoms with van der Waals surface area (Å²) in [5.74, 6) is -0.294. The van der Waals surface area contributed by atoms with Gasteiger partial charge in [0.2, 0.25) is 0 Å². The quantitative estimate of drug-likeness (QED) is 0.905. The molecule has 1 fully saturated rings. The number of hydrogen-bond donors (Lipinski definition) is 2. The number of rotatable bonds is 3. The van der Waals surface area contributed by atoms with E-state index in [1.807, 2.05) is 24.0 Å². The molecule has 0 radical (unpaired) electrons. The summed E-state index contributed by atoms with van der Waals surface area (Å²) < 4.78 is 0. The van der Waals surface area contributed by atoms with Crippen LogP contribution in [-0.4, -0.2) is 40.0 Å². The molecule has 0 unspecified atom stereocenters. The van der Waals surface area contributed by atoms with Crippen LogP contribution in [-0.2, 0) is 0 Å². The van der Waals surface area contributed by atoms with E-state index in [2.05, 4.69) is 10.2 Å². The number of amides is 2. The van der Waals surface area contributed by atoms with Crippen molar-refractivity contribution < 1.29 is 9.59 Å². The number of H-pyrrole nitrogens is 1. The second-order valence-electron chi connectivity index (χ2n) is 5.57. The second-order valence-corrected chi connectivity index (χ2v) is 6.86. The van der Waals surface area contributed by atoms with Gasteiger partial charge < -0.3 is 10.6 Å². The molecule has 0 aromatic carbocycles. The van der Waals surface area contributed by atoms with Crippen LogP contribution in [0.3, 0.4) is 0 Å². The first-order valence-electron chi connectivity index (χ1n) is 7.25. The van der Waals surface area contributed by atoms with Gasteiger partial charge in [-0.2, -0.15) is 5.10 Å². The molecule has 1 saturated heterocycles. The fourth-order valence-corrected chi connectivity index (χ4v) is 3.63. The molecule has 2 aromatic heterocycles. The molecule has 6 nitrogen and oxygen atoms in total. The van der Waals surface area contributed by atoms with Crippen LogP contribution < -0.4 is 5.73 Å². The van der Waals surface area contributed by atoms with Gasteiger partial charge in [-0.05, 0) is 38.0 Å². The van der Waals surface area contributed by atoms with Crippen molar-refractivity contribution in [3.05, 3.63) is 39.3 Å². The standard InChI is InChI=1S/C15H18N4O2S/c1-9-4-5-13(22-9)15(21)19-6-2-3-10(8-19)11-7-12(14(16)20)18-17-11/h4-5,7,10H,2-3,6,8H2,1H3,(H2,16,20)(H,17,18)/t10-/m0/s1. The zero-order valence-electron chi connectivity index (χ0n) is 12.3. The summed E-state index contributed by atoms with van der Waals surface area (Å²) in [4.78, 5) is 27.5. The topological polar surface area (TPSA) is 92.1 Å². The van der Waals surface area contributed by atoms with E-state index in [0.717, 1.165) is 34.8 Å². The van der Waals surface area contributed by atoms with E-state index in [1.54, 1.807) is 6.07 Å². The van der Waals surface area contributed by atoms with Crippen LogP contribution in [0.5, 0.6) is 0 Å². The number of thiophene rings is 1. The van der Waals surface area contributed by atoms with Crippen molar-refractivity contribution in [2.24, 2.45) is 5.73 Å². The highest BCUT2D eigenvalue weighted by Crippen LogP contribution is 2.28. The number of hydrogen-bond acceptors (Lipinski definition) is 4. The van der Waals surface area contributed by atoms with E-state index >= 15 is 0 Å². The van der Waals surface area contributed by atoms with Gasteiger partial charge in [-0.3, -0.25) is 14.7 Å². The molecule has 0 bridgehead atoms. The first-order valence-corrected chi connectivity index (χ1v) is 8.07. The number of aryl methyl sites for hydroxylation is 1. The number of carbonyl (C=O) groups excluding carboxylic acids is 2. The van der Waals surface area contributed by atoms with Crippen LogP contribution in [0, 0.1) is 6.92 Å². The molecule has 0 aliphatic carbocycles. The van der Waals surface area contributed by atoms with Gasteiger partial charge >= 0.3 is 0 Å². The molecule has 22 heavy (non-hydrogen) atoms. The van der Waals surface area contributed by atoms with E-state index in [9.17, 15) is 9.59 Å². The van der Waals surface area contributed by atoms with E-state index in [4.69, 9.17) is 5.73 Å². The lowest BCUT2D eigenvalue weighted by Gasteiger charge is -2.32. The van der Waals surface area contributed by atoms with E-state index in [1.165, 1.54) is 11.3 Å². The van der Waals surface area contributed by atoms with E-state index in [0.29, 0.717) is 6.54 Å². The Morgan fingerprint density at radius 1 is 1.45 bits per heavy atom. The SMILES string of the molecule is Cc1ccc(C(=O)N2CCC[C@H](c3cc(C(N)=O)n[nH]3)C2)s1. The molecular weight excluding hydrogens is 300 g/mol. The van der Waals surface area contributed by atoms with E-state index in [-0.39, 0.29) is 17.5 Å². The van der Waals surface area contributed by atoms with Crippen molar-refractivity contribution in [2.75, 3.05) is 13.1 Å². The van der Waals surface area contributed by atoms with E-state index < -0.39 is 5.91 Å². The zero-order valence-corrected chi connectivity index (χ0v) is 13.2. The summed E-state index contributed by atoms with van der Waals surface area (Å²) in [6, 6.07) is 5.54. The Labute approximate surface area is 132 Å². The molecule has 116 valence electrons. The predicted molar refractivity (Wildman–Crippen MR) is 84.0 cm³/mol. The number of carbonyl (C=O) groups is 2. The summed E-state index contributed by atoms with van der Waals surface area (Å²) in [5.41, 5.74) is 6.34. The van der Waals surface area contributed by atoms with Gasteiger partial charge in [0.15, 0.2) is 0 Å². The van der Waals surface area contributed by atoms with Crippen molar-refractivity contribution in [3.8, 4) is 0 Å². The van der Waals surface area contributed by atoms with Crippen LogP contribution in [0.15, 0.2) is 18.2 Å². The number of nitrogens with one attached hydrogen (secondary N) is 1. The Morgan fingerprint density at radius 3 is 2.91 bits per heavy atom. The average molecular weight is 318 g/mol. The van der Waals surface area contributed by atoms with Crippen LogP contribution in [0.4, 0.5) is 0 Å². The molecule has 3 rings (SSSR count). The molecule has 0 spiro atoms. The molecule has 0 saturated carbocycles. The average Bonchev–Trinajstić information content (AvgIpc) is 3.15. The maximum absolute atomic E-state index is 12.5. The summed E-state index contributed by atoms with van der Waals surface area (Å²) in [7, 11) is 0. The molecule has 2 aromatic rings. The third kappa shape index (κ3) is 2.89. The summed E-state index contributed by atoms with van der Waals surface area (Å²) in [5, 5.41) is 6.80. The van der Waals surface area contributed by atoms with Crippen LogP contribution in [0.2, 0.25) is 0 Å². The van der Waals surface area contributed by atoms with Crippen LogP contribution in [0.25, 0.3) is 0 Å². The Balaban J connectivity index is 1.73. The predicted octanol–water partition coefficient (Wildman–Crippen LogP) is 1.90. The van der Waals surface area contributed by atoms with Gasteiger partial charge in [0, 0.05) is 29.6 Å². The Bertz CT molecular complexity index is 706. The van der Waals surface area contributed by atoms with Crippen molar-refractivity contribution in [1.29, 1.82) is 0 Å². The summed E-state index contributed by atoms with van der Waals surface area (Å²) >= 11 is 1.52. The highest BCUT2D eigenvalue weighted by Gasteiger charge is 2.27. The number of nitrogens with two attached hydrogens (primary N) is 1. The van der Waals surface area contributed by atoms with Gasteiger partial charge in [0.05, 0.1) is 4.88 Å². The van der Waals surface area contributed by atoms with Gasteiger partial charge in [-0.1, -0.05) is 0 Å². The Morgan fingerprint density at radius 2 is 2.27 bits per heavy atom. The molecule has 1 atom stereocenters. The molecule has 1 aliphatic rings. The van der Waals surface area contributed by atoms with Crippen molar-refractivity contribution in [1.82, 2.24) is 15.1 Å². The van der Waals surface area contributed by atoms with Crippen LogP contribution in [0.1, 0.15) is 49.5 Å². The molecule has 1 aliphatic heterocycles. The first kappa shape index (κ1) is 14.8. The highest BCUT2D eigenvalue weighted by molar-refractivity contribution is 7.13. The third-order valence-corrected chi connectivity index (χ3v) is 4.94. The van der Waals surface area contributed by atoms with Gasteiger partial charge in [0.25, 0.3) is 11.8 Å². The van der Waals surface area contributed by atoms with Crippen molar-refractivity contribution >= 4 is 23.2 Å². The maximum Gasteiger partial charge on any atom is 0.269 e. The molecule has 3 N–H and O–H groups in total. The molecule has 7 heteroatoms. The minimum absolute atomic E-state index is 0.0810. The molecule has 2 amide bonds. The lowest BCUT2D eigenvalue weighted by Crippen LogP contribution is -2.38. The highest BCUT2D eigenvalue weighted by atomic mass is 32.1. The summed E-state index contributed by atoms with van der Waals surface area (Å²) in [6.45, 7) is 3.40. The Kier molecular flexibility index (Phi) is 3.98. The van der Waals surface area contributed by atoms with Gasteiger partial charge in [0.1, 0.15) is 5.69 Å². The minimum Gasteiger partial charge on any atom is -0.364 e. The maximum atomic E-state index is 12.5. The third-order valence-electron chi connectivity index (χ3n) is 3.95. The minimum atomic E-state index is -0.541. The smallest absolute Gasteiger partial charge is 0.269 e.